The molecule has 0 spiro atoms. The summed E-state index contributed by atoms with van der Waals surface area (Å²) in [6.07, 6.45) is -6.07. The first kappa shape index (κ1) is 46.4. The molecule has 0 amide bonds. The molecule has 8 nitrogen and oxygen atoms in total. The van der Waals surface area contributed by atoms with E-state index in [9.17, 15) is 26.3 Å². The molecule has 0 aliphatic carbocycles. The van der Waals surface area contributed by atoms with E-state index in [1.165, 1.54) is 18.5 Å². The highest BCUT2D eigenvalue weighted by molar-refractivity contribution is 8.26. The van der Waals surface area contributed by atoms with Gasteiger partial charge < -0.3 is 14.6 Å². The second kappa shape index (κ2) is 21.4. The molecule has 296 valence electrons. The van der Waals surface area contributed by atoms with Gasteiger partial charge in [0.25, 0.3) is 0 Å². The van der Waals surface area contributed by atoms with E-state index in [1.807, 2.05) is 0 Å². The average molecular weight is 861 g/mol. The van der Waals surface area contributed by atoms with Crippen LogP contribution in [0.25, 0.3) is 22.1 Å². The zero-order valence-electron chi connectivity index (χ0n) is 31.1. The summed E-state index contributed by atoms with van der Waals surface area (Å²) in [7, 11) is 4.78. The lowest BCUT2D eigenvalue weighted by Crippen LogP contribution is -2.22. The van der Waals surface area contributed by atoms with E-state index in [-0.39, 0.29) is 37.2 Å². The van der Waals surface area contributed by atoms with Crippen LogP contribution in [-0.4, -0.2) is 57.8 Å². The summed E-state index contributed by atoms with van der Waals surface area (Å²) in [5.41, 5.74) is 0.0947. The summed E-state index contributed by atoms with van der Waals surface area (Å²) in [6.45, 7) is 15.7. The fourth-order valence-corrected chi connectivity index (χ4v) is 6.00. The van der Waals surface area contributed by atoms with Crippen molar-refractivity contribution in [3.63, 3.8) is 0 Å². The highest BCUT2D eigenvalue weighted by Crippen LogP contribution is 2.35. The molecule has 4 rings (SSSR count). The number of halogens is 9. The molecule has 4 aromatic rings. The monoisotopic (exact) mass is 859 g/mol. The van der Waals surface area contributed by atoms with Gasteiger partial charge in [0.1, 0.15) is 36.1 Å². The standard InChI is InChI=1S/C15H20ClF3N2OSi.C15H21F3N2O2Si.C2H6.Cl2OS/c1-23(2,3)5-4-22-10-21-13(15(17,18)19)7-12-6-11(8-16)9-20-14(12)21;1-23(2,3)5-4-22-10-20-13(15(16,17)18)7-12-6-11(9-21)8-19-14(12)20;1-2;1-4(2)3/h6-7,9H,4-5,8,10H2,1-3H3;6-8,21H,4-5,9-10H2,1-3H3;1-2H3;/i;;1D;. The molecule has 4 heterocycles. The Kier molecular flexibility index (Phi) is 19.1. The molecule has 0 saturated heterocycles. The molecule has 0 unspecified atom stereocenters. The summed E-state index contributed by atoms with van der Waals surface area (Å²) in [6, 6.07) is 7.07. The van der Waals surface area contributed by atoms with Crippen molar-refractivity contribution in [2.45, 2.75) is 103 Å². The Hall–Kier alpha value is -1.71. The van der Waals surface area contributed by atoms with Crippen LogP contribution in [0.1, 0.15) is 37.7 Å². The maximum Gasteiger partial charge on any atom is 0.431 e. The highest BCUT2D eigenvalue weighted by Gasteiger charge is 2.37. The summed E-state index contributed by atoms with van der Waals surface area (Å²) in [5, 5.41) is 9.86. The van der Waals surface area contributed by atoms with Gasteiger partial charge in [0, 0.05) is 81.1 Å². The highest BCUT2D eigenvalue weighted by atomic mass is 36.0. The Morgan fingerprint density at radius 3 is 1.44 bits per heavy atom. The van der Waals surface area contributed by atoms with Crippen LogP contribution in [0, 0.1) is 0 Å². The lowest BCUT2D eigenvalue weighted by atomic mass is 10.2. The predicted octanol–water partition coefficient (Wildman–Crippen LogP) is 11.0. The van der Waals surface area contributed by atoms with Crippen LogP contribution in [0.2, 0.25) is 51.4 Å². The van der Waals surface area contributed by atoms with Crippen LogP contribution in [0.3, 0.4) is 0 Å². The van der Waals surface area contributed by atoms with Crippen LogP contribution in [0.15, 0.2) is 36.7 Å². The Morgan fingerprint density at radius 2 is 1.13 bits per heavy atom. The van der Waals surface area contributed by atoms with Gasteiger partial charge in [0.2, 0.25) is 9.23 Å². The smallest absolute Gasteiger partial charge is 0.392 e. The summed E-state index contributed by atoms with van der Waals surface area (Å²) in [4.78, 5) is 8.17. The van der Waals surface area contributed by atoms with Crippen molar-refractivity contribution >= 4 is 80.4 Å². The maximum absolute atomic E-state index is 13.2. The molecule has 0 aliphatic heterocycles. The number of hydrogen-bond acceptors (Lipinski definition) is 6. The third-order valence-corrected chi connectivity index (χ3v) is 10.6. The zero-order valence-corrected chi connectivity index (χ0v) is 35.2. The van der Waals surface area contributed by atoms with Crippen LogP contribution < -0.4 is 0 Å². The number of nitrogens with zero attached hydrogens (tertiary/aromatic N) is 4. The van der Waals surface area contributed by atoms with Crippen LogP contribution in [0.5, 0.6) is 0 Å². The number of aliphatic hydroxyl groups is 1. The van der Waals surface area contributed by atoms with E-state index in [2.05, 4.69) is 70.6 Å². The first-order valence-electron chi connectivity index (χ1n) is 16.6. The number of rotatable bonds is 12. The minimum Gasteiger partial charge on any atom is -0.392 e. The van der Waals surface area contributed by atoms with E-state index in [0.29, 0.717) is 42.0 Å². The zero-order chi connectivity index (χ0) is 40.8. The number of aromatic nitrogens is 4. The number of hydrogen-bond donors (Lipinski definition) is 1. The molecule has 20 heteroatoms. The van der Waals surface area contributed by atoms with Crippen LogP contribution >= 0.6 is 33.0 Å². The van der Waals surface area contributed by atoms with E-state index in [1.54, 1.807) is 13.0 Å². The van der Waals surface area contributed by atoms with Gasteiger partial charge in [-0.25, -0.2) is 14.2 Å². The summed E-state index contributed by atoms with van der Waals surface area (Å²) < 4.78 is 108. The van der Waals surface area contributed by atoms with Crippen molar-refractivity contribution in [1.29, 1.82) is 0 Å². The average Bonchev–Trinajstić information content (AvgIpc) is 3.59. The SMILES string of the molecule is C[Si](C)(C)CCOCn1c(C(F)(F)F)cc2cc(CCl)cnc21.C[Si](C)(C)CCOCn1c(C(F)(F)F)cc2cc(CO)cnc21.O=S(Cl)Cl.[2H]CC. The molecular formula is C32H47Cl3F6N4O4SSi2. The fourth-order valence-electron chi connectivity index (χ4n) is 4.34. The van der Waals surface area contributed by atoms with Gasteiger partial charge in [-0.3, -0.25) is 9.13 Å². The number of alkyl halides is 7. The molecule has 0 aromatic carbocycles. The number of fused-ring (bicyclic) bond motifs is 2. The van der Waals surface area contributed by atoms with Gasteiger partial charge in [0.05, 0.1) is 6.61 Å². The van der Waals surface area contributed by atoms with Gasteiger partial charge in [-0.15, -0.1) is 11.6 Å². The van der Waals surface area contributed by atoms with E-state index < -0.39 is 49.1 Å². The Bertz CT molecular complexity index is 1610. The third kappa shape index (κ3) is 16.8. The molecule has 0 saturated carbocycles. The molecule has 0 aliphatic rings. The van der Waals surface area contributed by atoms with Crippen LogP contribution in [0.4, 0.5) is 26.3 Å². The molecule has 0 fully saturated rings. The Morgan fingerprint density at radius 1 is 0.788 bits per heavy atom. The van der Waals surface area contributed by atoms with E-state index in [4.69, 9.17) is 31.8 Å². The van der Waals surface area contributed by atoms with Gasteiger partial charge in [-0.1, -0.05) is 53.1 Å². The number of pyridine rings is 2. The van der Waals surface area contributed by atoms with Gasteiger partial charge >= 0.3 is 12.4 Å². The van der Waals surface area contributed by atoms with Crippen molar-refractivity contribution in [2.75, 3.05) is 13.2 Å². The molecule has 4 aromatic heterocycles. The second-order valence-electron chi connectivity index (χ2n) is 13.6. The first-order chi connectivity index (χ1) is 24.4. The van der Waals surface area contributed by atoms with Gasteiger partial charge in [-0.05, 0) is 47.5 Å². The molecule has 0 atom stereocenters. The normalized spacial score (nSPS) is 12.5. The minimum absolute atomic E-state index is 0.157. The van der Waals surface area contributed by atoms with Crippen molar-refractivity contribution in [2.24, 2.45) is 0 Å². The topological polar surface area (TPSA) is 91.4 Å². The van der Waals surface area contributed by atoms with Crippen molar-refractivity contribution in [3.05, 3.63) is 59.2 Å². The van der Waals surface area contributed by atoms with E-state index in [0.717, 1.165) is 33.4 Å². The lowest BCUT2D eigenvalue weighted by molar-refractivity contribution is -0.146. The Labute approximate surface area is 320 Å². The second-order valence-corrected chi connectivity index (χ2v) is 27.6. The molecule has 0 bridgehead atoms. The van der Waals surface area contributed by atoms with Crippen molar-refractivity contribution in [1.82, 2.24) is 19.1 Å². The Balaban J connectivity index is 0.000000451. The predicted molar refractivity (Wildman–Crippen MR) is 204 cm³/mol. The van der Waals surface area contributed by atoms with E-state index >= 15 is 0 Å². The van der Waals surface area contributed by atoms with Crippen molar-refractivity contribution in [3.8, 4) is 0 Å². The number of aliphatic hydroxyl groups excluding tert-OH is 1. The number of ether oxygens (including phenoxy) is 2. The summed E-state index contributed by atoms with van der Waals surface area (Å²) >= 11 is 5.72. The lowest BCUT2D eigenvalue weighted by Gasteiger charge is -2.17. The van der Waals surface area contributed by atoms with Crippen molar-refractivity contribution < 1.29 is 46.5 Å². The van der Waals surface area contributed by atoms with Gasteiger partial charge in [-0.2, -0.15) is 26.3 Å². The minimum atomic E-state index is -4.48. The third-order valence-electron chi connectivity index (χ3n) is 6.93. The largest absolute Gasteiger partial charge is 0.431 e. The quantitative estimate of drug-likeness (QED) is 0.0502. The molecule has 0 radical (unpaired) electrons. The molecule has 1 N–H and O–H groups in total. The molecule has 52 heavy (non-hydrogen) atoms. The maximum atomic E-state index is 13.2. The summed E-state index contributed by atoms with van der Waals surface area (Å²) in [5.74, 6) is 0.210. The first-order valence-corrected chi connectivity index (χ1v) is 26.6. The molecular weight excluding hydrogens is 813 g/mol. The fraction of sp³-hybridized carbons (Fsp3) is 0.562. The van der Waals surface area contributed by atoms with Gasteiger partial charge in [0.15, 0.2) is 0 Å². The van der Waals surface area contributed by atoms with Crippen LogP contribution in [-0.2, 0) is 57.0 Å².